The number of nitro groups is 1. The Kier molecular flexibility index (Phi) is 4.60. The minimum Gasteiger partial charge on any atom is -0.349 e. The van der Waals surface area contributed by atoms with Crippen molar-refractivity contribution in [3.8, 4) is 0 Å². The third-order valence-electron chi connectivity index (χ3n) is 2.98. The molecule has 7 nitrogen and oxygen atoms in total. The van der Waals surface area contributed by atoms with Crippen LogP contribution in [0.25, 0.3) is 0 Å². The van der Waals surface area contributed by atoms with Crippen LogP contribution in [0.3, 0.4) is 0 Å². The van der Waals surface area contributed by atoms with Crippen LogP contribution in [0, 0.1) is 10.1 Å². The number of nitrogens with zero attached hydrogens (tertiary/aromatic N) is 1. The Morgan fingerprint density at radius 1 is 1.57 bits per heavy atom. The zero-order chi connectivity index (χ0) is 15.6. The number of halogens is 1. The average Bonchev–Trinajstić information content (AvgIpc) is 2.75. The number of carbonyl (C=O) groups is 1. The Balaban J connectivity index is 2.01. The summed E-state index contributed by atoms with van der Waals surface area (Å²) in [6.07, 6.45) is -0.235. The molecule has 2 rings (SSSR count). The first-order valence-electron chi connectivity index (χ1n) is 6.33. The molecule has 0 spiro atoms. The van der Waals surface area contributed by atoms with Gasteiger partial charge in [-0.3, -0.25) is 14.9 Å². The summed E-state index contributed by atoms with van der Waals surface area (Å²) in [6, 6.07) is 4.32. The number of nitro benzene ring substituents is 1. The molecule has 1 aromatic rings. The first-order chi connectivity index (χ1) is 9.80. The number of hydrogen-bond donors (Lipinski definition) is 1. The first kappa shape index (κ1) is 15.9. The van der Waals surface area contributed by atoms with E-state index in [9.17, 15) is 14.9 Å². The van der Waals surface area contributed by atoms with Crippen molar-refractivity contribution >= 4 is 27.5 Å². The van der Waals surface area contributed by atoms with Crippen molar-refractivity contribution in [3.63, 3.8) is 0 Å². The van der Waals surface area contributed by atoms with Crippen LogP contribution >= 0.6 is 15.9 Å². The quantitative estimate of drug-likeness (QED) is 0.658. The van der Waals surface area contributed by atoms with E-state index in [0.717, 1.165) is 0 Å². The lowest BCUT2D eigenvalue weighted by molar-refractivity contribution is -0.385. The van der Waals surface area contributed by atoms with Gasteiger partial charge in [-0.25, -0.2) is 0 Å². The Hall–Kier alpha value is -1.51. The summed E-state index contributed by atoms with van der Waals surface area (Å²) in [5, 5.41) is 13.5. The summed E-state index contributed by atoms with van der Waals surface area (Å²) in [6.45, 7) is 4.26. The lowest BCUT2D eigenvalue weighted by Crippen LogP contribution is -2.34. The molecule has 1 amide bonds. The molecule has 1 atom stereocenters. The van der Waals surface area contributed by atoms with Crippen LogP contribution in [-0.2, 0) is 9.47 Å². The molecule has 0 bridgehead atoms. The van der Waals surface area contributed by atoms with Gasteiger partial charge in [0.05, 0.1) is 17.1 Å². The topological polar surface area (TPSA) is 90.7 Å². The van der Waals surface area contributed by atoms with E-state index in [-0.39, 0.29) is 28.4 Å². The van der Waals surface area contributed by atoms with Gasteiger partial charge in [0.2, 0.25) is 0 Å². The predicted octanol–water partition coefficient (Wildman–Crippen LogP) is 2.24. The highest BCUT2D eigenvalue weighted by Crippen LogP contribution is 2.28. The third kappa shape index (κ3) is 3.78. The van der Waals surface area contributed by atoms with Crippen LogP contribution in [0.1, 0.15) is 24.2 Å². The minimum atomic E-state index is -0.651. The maximum atomic E-state index is 12.1. The van der Waals surface area contributed by atoms with Crippen LogP contribution in [0.4, 0.5) is 5.69 Å². The smallest absolute Gasteiger partial charge is 0.284 e. The highest BCUT2D eigenvalue weighted by Gasteiger charge is 2.32. The molecule has 1 unspecified atom stereocenters. The van der Waals surface area contributed by atoms with E-state index in [2.05, 4.69) is 21.2 Å². The summed E-state index contributed by atoms with van der Waals surface area (Å²) in [7, 11) is 0. The lowest BCUT2D eigenvalue weighted by Gasteiger charge is -2.17. The van der Waals surface area contributed by atoms with Crippen molar-refractivity contribution < 1.29 is 19.2 Å². The molecule has 1 N–H and O–H groups in total. The van der Waals surface area contributed by atoms with Crippen LogP contribution in [0.15, 0.2) is 22.7 Å². The molecule has 1 aliphatic heterocycles. The molecule has 114 valence electrons. The number of amides is 1. The molecule has 1 saturated heterocycles. The monoisotopic (exact) mass is 358 g/mol. The van der Waals surface area contributed by atoms with Gasteiger partial charge >= 0.3 is 0 Å². The number of carbonyl (C=O) groups excluding carboxylic acids is 1. The molecular weight excluding hydrogens is 344 g/mol. The van der Waals surface area contributed by atoms with Gasteiger partial charge in [-0.1, -0.05) is 6.07 Å². The molecule has 0 aromatic heterocycles. The van der Waals surface area contributed by atoms with E-state index in [0.29, 0.717) is 6.61 Å². The number of benzene rings is 1. The van der Waals surface area contributed by atoms with Gasteiger partial charge in [0, 0.05) is 12.6 Å². The fourth-order valence-electron chi connectivity index (χ4n) is 2.00. The molecule has 21 heavy (non-hydrogen) atoms. The van der Waals surface area contributed by atoms with Gasteiger partial charge in [-0.05, 0) is 35.8 Å². The summed E-state index contributed by atoms with van der Waals surface area (Å²) < 4.78 is 11.1. The van der Waals surface area contributed by atoms with Crippen molar-refractivity contribution in [2.45, 2.75) is 25.7 Å². The normalized spacial score (nSPS) is 20.2. The zero-order valence-corrected chi connectivity index (χ0v) is 13.2. The van der Waals surface area contributed by atoms with Gasteiger partial charge in [0.1, 0.15) is 10.6 Å². The predicted molar refractivity (Wildman–Crippen MR) is 78.0 cm³/mol. The van der Waals surface area contributed by atoms with E-state index >= 15 is 0 Å². The van der Waals surface area contributed by atoms with Gasteiger partial charge in [-0.15, -0.1) is 0 Å². The Labute approximate surface area is 129 Å². The van der Waals surface area contributed by atoms with Crippen molar-refractivity contribution in [1.82, 2.24) is 5.32 Å². The van der Waals surface area contributed by atoms with Crippen LogP contribution in [0.2, 0.25) is 0 Å². The maximum Gasteiger partial charge on any atom is 0.284 e. The summed E-state index contributed by atoms with van der Waals surface area (Å²) >= 11 is 3.10. The minimum absolute atomic E-state index is 0.149. The fourth-order valence-corrected chi connectivity index (χ4v) is 2.59. The van der Waals surface area contributed by atoms with Gasteiger partial charge in [0.15, 0.2) is 5.79 Å². The molecule has 1 fully saturated rings. The van der Waals surface area contributed by atoms with E-state index in [1.165, 1.54) is 18.2 Å². The fraction of sp³-hybridized carbons (Fsp3) is 0.462. The summed E-state index contributed by atoms with van der Waals surface area (Å²) in [5.41, 5.74) is 0.0617. The van der Waals surface area contributed by atoms with E-state index < -0.39 is 16.6 Å². The standard InChI is InChI=1S/C13H15BrN2O5/c1-13(2)20-7-8(21-13)6-15-12(17)9-4-3-5-10(11(9)14)16(18)19/h3-5,8H,6-7H2,1-2H3,(H,15,17). The third-order valence-corrected chi connectivity index (χ3v) is 3.81. The number of nitrogens with one attached hydrogen (secondary N) is 1. The summed E-state index contributed by atoms with van der Waals surface area (Å²) in [4.78, 5) is 22.4. The lowest BCUT2D eigenvalue weighted by atomic mass is 10.2. The van der Waals surface area contributed by atoms with Gasteiger partial charge in [-0.2, -0.15) is 0 Å². The molecule has 0 aliphatic carbocycles. The highest BCUT2D eigenvalue weighted by atomic mass is 79.9. The second-order valence-corrected chi connectivity index (χ2v) is 5.85. The molecule has 1 heterocycles. The Morgan fingerprint density at radius 2 is 2.29 bits per heavy atom. The average molecular weight is 359 g/mol. The molecule has 8 heteroatoms. The Bertz CT molecular complexity index is 576. The molecule has 1 aromatic carbocycles. The molecule has 0 saturated carbocycles. The second-order valence-electron chi connectivity index (χ2n) is 5.06. The number of hydrogen-bond acceptors (Lipinski definition) is 5. The molecule has 1 aliphatic rings. The van der Waals surface area contributed by atoms with Crippen molar-refractivity contribution in [1.29, 1.82) is 0 Å². The zero-order valence-electron chi connectivity index (χ0n) is 11.6. The summed E-state index contributed by atoms with van der Waals surface area (Å²) in [5.74, 6) is -1.06. The van der Waals surface area contributed by atoms with E-state index in [1.807, 2.05) is 0 Å². The Morgan fingerprint density at radius 3 is 2.86 bits per heavy atom. The number of ether oxygens (including phenoxy) is 2. The second kappa shape index (κ2) is 6.08. The SMILES string of the molecule is CC1(C)OCC(CNC(=O)c2cccc([N+](=O)[O-])c2Br)O1. The van der Waals surface area contributed by atoms with Gasteiger partial charge < -0.3 is 14.8 Å². The van der Waals surface area contributed by atoms with E-state index in [4.69, 9.17) is 9.47 Å². The maximum absolute atomic E-state index is 12.1. The molecule has 0 radical (unpaired) electrons. The highest BCUT2D eigenvalue weighted by molar-refractivity contribution is 9.10. The largest absolute Gasteiger partial charge is 0.349 e. The van der Waals surface area contributed by atoms with Crippen LogP contribution in [0.5, 0.6) is 0 Å². The van der Waals surface area contributed by atoms with Crippen molar-refractivity contribution in [2.75, 3.05) is 13.2 Å². The molecular formula is C13H15BrN2O5. The number of rotatable bonds is 4. The first-order valence-corrected chi connectivity index (χ1v) is 7.12. The van der Waals surface area contributed by atoms with Crippen molar-refractivity contribution in [2.24, 2.45) is 0 Å². The van der Waals surface area contributed by atoms with E-state index in [1.54, 1.807) is 13.8 Å². The van der Waals surface area contributed by atoms with Crippen LogP contribution in [-0.4, -0.2) is 35.9 Å². The van der Waals surface area contributed by atoms with Crippen molar-refractivity contribution in [3.05, 3.63) is 38.3 Å². The van der Waals surface area contributed by atoms with Crippen LogP contribution < -0.4 is 5.32 Å². The van der Waals surface area contributed by atoms with Gasteiger partial charge in [0.25, 0.3) is 11.6 Å².